The van der Waals surface area contributed by atoms with E-state index in [1.54, 1.807) is 7.05 Å². The maximum absolute atomic E-state index is 12.7. The second-order valence-electron chi connectivity index (χ2n) is 5.07. The first kappa shape index (κ1) is 13.5. The molecule has 20 heavy (non-hydrogen) atoms. The molecular weight excluding hydrogens is 284 g/mol. The molecule has 0 aromatic carbocycles. The van der Waals surface area contributed by atoms with Crippen LogP contribution in [0.5, 0.6) is 0 Å². The minimum absolute atomic E-state index is 0.0732. The number of alkyl halides is 2. The topological polar surface area (TPSA) is 38.1 Å². The van der Waals surface area contributed by atoms with Gasteiger partial charge in [0.25, 0.3) is 5.56 Å². The van der Waals surface area contributed by atoms with Crippen molar-refractivity contribution in [1.82, 2.24) is 9.55 Å². The molecule has 2 aromatic heterocycles. The molecule has 0 atom stereocenters. The zero-order valence-electron chi connectivity index (χ0n) is 11.1. The average Bonchev–Trinajstić information content (AvgIpc) is 2.91. The van der Waals surface area contributed by atoms with Crippen LogP contribution in [0.15, 0.2) is 16.2 Å². The maximum atomic E-state index is 12.7. The van der Waals surface area contributed by atoms with Crippen LogP contribution in [0.25, 0.3) is 10.2 Å². The van der Waals surface area contributed by atoms with Crippen LogP contribution < -0.4 is 10.5 Å². The molecule has 0 N–H and O–H groups in total. The van der Waals surface area contributed by atoms with Gasteiger partial charge in [-0.1, -0.05) is 0 Å². The number of fused-ring (bicyclic) bond motifs is 1. The second kappa shape index (κ2) is 5.12. The van der Waals surface area contributed by atoms with Crippen LogP contribution >= 0.6 is 11.3 Å². The molecule has 2 aromatic rings. The van der Waals surface area contributed by atoms with E-state index in [-0.39, 0.29) is 5.56 Å². The summed E-state index contributed by atoms with van der Waals surface area (Å²) in [4.78, 5) is 18.6. The summed E-state index contributed by atoms with van der Waals surface area (Å²) in [7, 11) is 1.68. The van der Waals surface area contributed by atoms with Gasteiger partial charge in [-0.25, -0.2) is 13.8 Å². The molecule has 1 saturated heterocycles. The van der Waals surface area contributed by atoms with Crippen LogP contribution in [-0.4, -0.2) is 29.1 Å². The molecule has 4 nitrogen and oxygen atoms in total. The molecule has 0 radical (unpaired) electrons. The van der Waals surface area contributed by atoms with Gasteiger partial charge in [0.1, 0.15) is 4.70 Å². The SMILES string of the molecule is Cn1c(N2CCC(C(F)F)CC2)nc2ccsc2c1=O. The average molecular weight is 299 g/mol. The fourth-order valence-electron chi connectivity index (χ4n) is 2.61. The van der Waals surface area contributed by atoms with Crippen molar-refractivity contribution < 1.29 is 8.78 Å². The molecule has 1 aliphatic rings. The number of aromatic nitrogens is 2. The van der Waals surface area contributed by atoms with E-state index in [1.165, 1.54) is 15.9 Å². The second-order valence-corrected chi connectivity index (χ2v) is 5.99. The molecule has 108 valence electrons. The number of hydrogen-bond donors (Lipinski definition) is 0. The van der Waals surface area contributed by atoms with Crippen LogP contribution in [0, 0.1) is 5.92 Å². The van der Waals surface area contributed by atoms with Crippen LogP contribution in [0.4, 0.5) is 14.7 Å². The van der Waals surface area contributed by atoms with Crippen molar-refractivity contribution in [3.8, 4) is 0 Å². The van der Waals surface area contributed by atoms with Crippen LogP contribution in [0.3, 0.4) is 0 Å². The lowest BCUT2D eigenvalue weighted by molar-refractivity contribution is 0.0634. The lowest BCUT2D eigenvalue weighted by atomic mass is 9.98. The first-order valence-corrected chi connectivity index (χ1v) is 7.43. The van der Waals surface area contributed by atoms with Crippen LogP contribution in [-0.2, 0) is 7.05 Å². The van der Waals surface area contributed by atoms with Gasteiger partial charge in [0, 0.05) is 26.1 Å². The lowest BCUT2D eigenvalue weighted by Gasteiger charge is -2.32. The molecule has 1 fully saturated rings. The van der Waals surface area contributed by atoms with Gasteiger partial charge in [-0.3, -0.25) is 9.36 Å². The Hall–Kier alpha value is -1.50. The highest BCUT2D eigenvalue weighted by Crippen LogP contribution is 2.26. The third kappa shape index (κ3) is 2.19. The monoisotopic (exact) mass is 299 g/mol. The number of halogens is 2. The normalized spacial score (nSPS) is 17.3. The van der Waals surface area contributed by atoms with E-state index in [0.29, 0.717) is 42.1 Å². The third-order valence-electron chi connectivity index (χ3n) is 3.84. The van der Waals surface area contributed by atoms with Crippen molar-refractivity contribution in [3.63, 3.8) is 0 Å². The zero-order chi connectivity index (χ0) is 14.3. The van der Waals surface area contributed by atoms with Crippen molar-refractivity contribution in [2.75, 3.05) is 18.0 Å². The molecule has 0 unspecified atom stereocenters. The molecule has 0 amide bonds. The predicted molar refractivity (Wildman–Crippen MR) is 75.8 cm³/mol. The van der Waals surface area contributed by atoms with Crippen molar-refractivity contribution in [2.24, 2.45) is 13.0 Å². The summed E-state index contributed by atoms with van der Waals surface area (Å²) in [6.45, 7) is 1.04. The summed E-state index contributed by atoms with van der Waals surface area (Å²) in [5, 5.41) is 1.84. The summed E-state index contributed by atoms with van der Waals surface area (Å²) in [5.41, 5.74) is 0.611. The van der Waals surface area contributed by atoms with E-state index in [0.717, 1.165) is 0 Å². The Balaban J connectivity index is 1.91. The van der Waals surface area contributed by atoms with E-state index >= 15 is 0 Å². The first-order valence-electron chi connectivity index (χ1n) is 6.55. The Kier molecular flexibility index (Phi) is 3.45. The van der Waals surface area contributed by atoms with Crippen LogP contribution in [0.2, 0.25) is 0 Å². The Morgan fingerprint density at radius 2 is 2.10 bits per heavy atom. The summed E-state index contributed by atoms with van der Waals surface area (Å²) in [6.07, 6.45) is -1.38. The van der Waals surface area contributed by atoms with E-state index in [9.17, 15) is 13.6 Å². The largest absolute Gasteiger partial charge is 0.342 e. The van der Waals surface area contributed by atoms with Gasteiger partial charge >= 0.3 is 0 Å². The first-order chi connectivity index (χ1) is 9.58. The molecule has 3 rings (SSSR count). The highest BCUT2D eigenvalue weighted by Gasteiger charge is 2.28. The molecular formula is C13H15F2N3OS. The predicted octanol–water partition coefficient (Wildman–Crippen LogP) is 2.48. The summed E-state index contributed by atoms with van der Waals surface area (Å²) in [6, 6.07) is 1.82. The van der Waals surface area contributed by atoms with Gasteiger partial charge < -0.3 is 4.90 Å². The van der Waals surface area contributed by atoms with E-state index in [2.05, 4.69) is 4.98 Å². The van der Waals surface area contributed by atoms with Crippen molar-refractivity contribution >= 4 is 27.5 Å². The lowest BCUT2D eigenvalue weighted by Crippen LogP contribution is -2.39. The minimum atomic E-state index is -2.26. The Morgan fingerprint density at radius 3 is 2.75 bits per heavy atom. The molecule has 7 heteroatoms. The highest BCUT2D eigenvalue weighted by molar-refractivity contribution is 7.17. The van der Waals surface area contributed by atoms with Gasteiger partial charge in [-0.2, -0.15) is 0 Å². The Morgan fingerprint density at radius 1 is 1.40 bits per heavy atom. The van der Waals surface area contributed by atoms with Crippen molar-refractivity contribution in [1.29, 1.82) is 0 Å². The Labute approximate surface area is 118 Å². The minimum Gasteiger partial charge on any atom is -0.342 e. The van der Waals surface area contributed by atoms with E-state index in [4.69, 9.17) is 0 Å². The van der Waals surface area contributed by atoms with E-state index in [1.807, 2.05) is 16.3 Å². The molecule has 0 aliphatic carbocycles. The quantitative estimate of drug-likeness (QED) is 0.855. The molecule has 3 heterocycles. The summed E-state index contributed by atoms with van der Waals surface area (Å²) < 4.78 is 27.5. The van der Waals surface area contributed by atoms with E-state index < -0.39 is 12.3 Å². The summed E-state index contributed by atoms with van der Waals surface area (Å²) in [5.74, 6) is 0.0433. The fourth-order valence-corrected chi connectivity index (χ4v) is 3.42. The number of thiophene rings is 1. The van der Waals surface area contributed by atoms with Crippen molar-refractivity contribution in [3.05, 3.63) is 21.8 Å². The van der Waals surface area contributed by atoms with Gasteiger partial charge in [0.05, 0.1) is 5.52 Å². The smallest absolute Gasteiger partial charge is 0.272 e. The van der Waals surface area contributed by atoms with Gasteiger partial charge in [-0.15, -0.1) is 11.3 Å². The molecule has 1 aliphatic heterocycles. The van der Waals surface area contributed by atoms with Crippen molar-refractivity contribution in [2.45, 2.75) is 19.3 Å². The van der Waals surface area contributed by atoms with Crippen LogP contribution in [0.1, 0.15) is 12.8 Å². The molecule has 0 bridgehead atoms. The van der Waals surface area contributed by atoms with Gasteiger partial charge in [0.15, 0.2) is 0 Å². The third-order valence-corrected chi connectivity index (χ3v) is 4.73. The number of nitrogens with zero attached hydrogens (tertiary/aromatic N) is 3. The van der Waals surface area contributed by atoms with Gasteiger partial charge in [0.2, 0.25) is 12.4 Å². The number of hydrogen-bond acceptors (Lipinski definition) is 4. The standard InChI is InChI=1S/C13H15F2N3OS/c1-17-12(19)10-9(4-7-20-10)16-13(17)18-5-2-8(3-6-18)11(14)15/h4,7-8,11H,2-3,5-6H2,1H3. The number of anilines is 1. The Bertz CT molecular complexity index is 674. The zero-order valence-corrected chi connectivity index (χ0v) is 11.9. The maximum Gasteiger partial charge on any atom is 0.272 e. The highest BCUT2D eigenvalue weighted by atomic mass is 32.1. The van der Waals surface area contributed by atoms with Gasteiger partial charge in [-0.05, 0) is 24.3 Å². The molecule has 0 spiro atoms. The number of piperidine rings is 1. The summed E-state index contributed by atoms with van der Waals surface area (Å²) >= 11 is 1.37. The molecule has 0 saturated carbocycles. The number of rotatable bonds is 2. The fraction of sp³-hybridized carbons (Fsp3) is 0.538.